The van der Waals surface area contributed by atoms with Crippen molar-refractivity contribution in [3.63, 3.8) is 0 Å². The Bertz CT molecular complexity index is 1180. The highest BCUT2D eigenvalue weighted by molar-refractivity contribution is 6.01. The predicted molar refractivity (Wildman–Crippen MR) is 111 cm³/mol. The highest BCUT2D eigenvalue weighted by Gasteiger charge is 2.19. The molecule has 0 fully saturated rings. The molecular weight excluding hydrogens is 367 g/mol. The summed E-state index contributed by atoms with van der Waals surface area (Å²) in [4.78, 5) is 17.2. The molecule has 1 aromatic heterocycles. The number of carbonyl (C=O) groups is 1. The second-order valence-corrected chi connectivity index (χ2v) is 6.84. The van der Waals surface area contributed by atoms with Gasteiger partial charge in [0.2, 0.25) is 5.82 Å². The third-order valence-electron chi connectivity index (χ3n) is 4.45. The third kappa shape index (κ3) is 4.06. The van der Waals surface area contributed by atoms with E-state index in [1.807, 2.05) is 62.4 Å². The molecule has 0 aliphatic carbocycles. The van der Waals surface area contributed by atoms with E-state index in [1.165, 1.54) is 18.2 Å². The van der Waals surface area contributed by atoms with Crippen LogP contribution in [0.1, 0.15) is 21.7 Å². The van der Waals surface area contributed by atoms with Crippen molar-refractivity contribution in [3.05, 3.63) is 95.6 Å². The summed E-state index contributed by atoms with van der Waals surface area (Å²) in [5, 5.41) is 7.08. The van der Waals surface area contributed by atoms with Gasteiger partial charge in [-0.05, 0) is 49.7 Å². The Labute approximate surface area is 167 Å². The van der Waals surface area contributed by atoms with Crippen LogP contribution >= 0.6 is 0 Å². The predicted octanol–water partition coefficient (Wildman–Crippen LogP) is 4.94. The number of amides is 1. The van der Waals surface area contributed by atoms with E-state index in [9.17, 15) is 9.18 Å². The van der Waals surface area contributed by atoms with E-state index < -0.39 is 11.7 Å². The van der Waals surface area contributed by atoms with Gasteiger partial charge >= 0.3 is 0 Å². The Hall–Kier alpha value is -3.80. The summed E-state index contributed by atoms with van der Waals surface area (Å²) in [5.41, 5.74) is 4.18. The average molecular weight is 386 g/mol. The summed E-state index contributed by atoms with van der Waals surface area (Å²) in [7, 11) is 0. The van der Waals surface area contributed by atoms with E-state index in [2.05, 4.69) is 15.4 Å². The molecule has 0 unspecified atom stereocenters. The van der Waals surface area contributed by atoms with Crippen molar-refractivity contribution in [3.8, 4) is 17.1 Å². The molecule has 1 amide bonds. The zero-order valence-electron chi connectivity index (χ0n) is 16.1. The molecule has 0 radical (unpaired) electrons. The molecule has 0 aliphatic heterocycles. The topological polar surface area (TPSA) is 59.8 Å². The Morgan fingerprint density at radius 3 is 2.41 bits per heavy atom. The van der Waals surface area contributed by atoms with Gasteiger partial charge in [-0.3, -0.25) is 4.79 Å². The number of nitrogens with one attached hydrogen (secondary N) is 1. The van der Waals surface area contributed by atoms with Crippen LogP contribution in [-0.4, -0.2) is 20.7 Å². The molecule has 29 heavy (non-hydrogen) atoms. The zero-order valence-corrected chi connectivity index (χ0v) is 16.1. The molecular formula is C23H19FN4O. The molecule has 5 nitrogen and oxygen atoms in total. The Kier molecular flexibility index (Phi) is 4.91. The minimum atomic E-state index is -0.504. The summed E-state index contributed by atoms with van der Waals surface area (Å²) in [6.45, 7) is 4.00. The maximum Gasteiger partial charge on any atom is 0.295 e. The lowest BCUT2D eigenvalue weighted by Gasteiger charge is -2.07. The standard InChI is InChI=1S/C23H19FN4O/c1-15-9-11-17(12-10-15)22-26-21(23(29)25-19-7-4-6-18(24)14-19)27-28(22)20-8-3-5-16(2)13-20/h3-14H,1-2H3,(H,25,29). The minimum Gasteiger partial charge on any atom is -0.319 e. The average Bonchev–Trinajstić information content (AvgIpc) is 3.14. The molecule has 0 spiro atoms. The molecule has 4 aromatic rings. The lowest BCUT2D eigenvalue weighted by Crippen LogP contribution is -2.14. The van der Waals surface area contributed by atoms with Gasteiger partial charge in [-0.1, -0.05) is 48.0 Å². The third-order valence-corrected chi connectivity index (χ3v) is 4.45. The number of hydrogen-bond donors (Lipinski definition) is 1. The number of carbonyl (C=O) groups excluding carboxylic acids is 1. The fourth-order valence-electron chi connectivity index (χ4n) is 2.99. The van der Waals surface area contributed by atoms with Gasteiger partial charge in [0.25, 0.3) is 5.91 Å². The summed E-state index contributed by atoms with van der Waals surface area (Å²) < 4.78 is 15.1. The number of aromatic nitrogens is 3. The van der Waals surface area contributed by atoms with Crippen LogP contribution in [0.25, 0.3) is 17.1 Å². The molecule has 0 saturated carbocycles. The lowest BCUT2D eigenvalue weighted by molar-refractivity contribution is 0.101. The minimum absolute atomic E-state index is 0.00587. The highest BCUT2D eigenvalue weighted by atomic mass is 19.1. The number of anilines is 1. The van der Waals surface area contributed by atoms with Crippen LogP contribution in [-0.2, 0) is 0 Å². The fraction of sp³-hybridized carbons (Fsp3) is 0.0870. The Morgan fingerprint density at radius 1 is 0.931 bits per heavy atom. The first-order chi connectivity index (χ1) is 14.0. The van der Waals surface area contributed by atoms with Crippen molar-refractivity contribution < 1.29 is 9.18 Å². The van der Waals surface area contributed by atoms with E-state index in [0.29, 0.717) is 11.5 Å². The van der Waals surface area contributed by atoms with Crippen LogP contribution in [0.4, 0.5) is 10.1 Å². The maximum absolute atomic E-state index is 13.4. The summed E-state index contributed by atoms with van der Waals surface area (Å²) >= 11 is 0. The number of hydrogen-bond acceptors (Lipinski definition) is 3. The Balaban J connectivity index is 1.76. The normalized spacial score (nSPS) is 10.7. The SMILES string of the molecule is Cc1ccc(-c2nc(C(=O)Nc3cccc(F)c3)nn2-c2cccc(C)c2)cc1. The van der Waals surface area contributed by atoms with Crippen LogP contribution < -0.4 is 5.32 Å². The monoisotopic (exact) mass is 386 g/mol. The van der Waals surface area contributed by atoms with E-state index in [4.69, 9.17) is 0 Å². The summed E-state index contributed by atoms with van der Waals surface area (Å²) in [6.07, 6.45) is 0. The van der Waals surface area contributed by atoms with Crippen LogP contribution in [0.2, 0.25) is 0 Å². The van der Waals surface area contributed by atoms with E-state index in [-0.39, 0.29) is 5.82 Å². The summed E-state index contributed by atoms with van der Waals surface area (Å²) in [5.74, 6) is -0.372. The first-order valence-electron chi connectivity index (χ1n) is 9.18. The van der Waals surface area contributed by atoms with Crippen molar-refractivity contribution >= 4 is 11.6 Å². The molecule has 0 aliphatic rings. The second kappa shape index (κ2) is 7.67. The van der Waals surface area contributed by atoms with E-state index in [0.717, 1.165) is 22.4 Å². The van der Waals surface area contributed by atoms with Gasteiger partial charge < -0.3 is 5.32 Å². The second-order valence-electron chi connectivity index (χ2n) is 6.84. The smallest absolute Gasteiger partial charge is 0.295 e. The lowest BCUT2D eigenvalue weighted by atomic mass is 10.1. The van der Waals surface area contributed by atoms with Gasteiger partial charge in [0.05, 0.1) is 5.69 Å². The number of aryl methyl sites for hydroxylation is 2. The number of halogens is 1. The number of rotatable bonds is 4. The first-order valence-corrected chi connectivity index (χ1v) is 9.18. The fourth-order valence-corrected chi connectivity index (χ4v) is 2.99. The maximum atomic E-state index is 13.4. The van der Waals surface area contributed by atoms with E-state index in [1.54, 1.807) is 10.7 Å². The molecule has 4 rings (SSSR count). The van der Waals surface area contributed by atoms with Crippen molar-refractivity contribution in [1.82, 2.24) is 14.8 Å². The van der Waals surface area contributed by atoms with Gasteiger partial charge in [0.15, 0.2) is 5.82 Å². The van der Waals surface area contributed by atoms with Gasteiger partial charge in [-0.2, -0.15) is 0 Å². The van der Waals surface area contributed by atoms with Crippen LogP contribution in [0.15, 0.2) is 72.8 Å². The molecule has 0 bridgehead atoms. The zero-order chi connectivity index (χ0) is 20.4. The molecule has 3 aromatic carbocycles. The largest absolute Gasteiger partial charge is 0.319 e. The van der Waals surface area contributed by atoms with Crippen molar-refractivity contribution in [2.75, 3.05) is 5.32 Å². The molecule has 6 heteroatoms. The molecule has 1 N–H and O–H groups in total. The van der Waals surface area contributed by atoms with Crippen molar-refractivity contribution in [1.29, 1.82) is 0 Å². The van der Waals surface area contributed by atoms with Crippen LogP contribution in [0.3, 0.4) is 0 Å². The number of benzene rings is 3. The van der Waals surface area contributed by atoms with Crippen LogP contribution in [0.5, 0.6) is 0 Å². The van der Waals surface area contributed by atoms with E-state index >= 15 is 0 Å². The van der Waals surface area contributed by atoms with Gasteiger partial charge in [0, 0.05) is 11.3 Å². The molecule has 144 valence electrons. The highest BCUT2D eigenvalue weighted by Crippen LogP contribution is 2.23. The molecule has 0 saturated heterocycles. The van der Waals surface area contributed by atoms with Gasteiger partial charge in [0.1, 0.15) is 5.82 Å². The van der Waals surface area contributed by atoms with Crippen molar-refractivity contribution in [2.24, 2.45) is 0 Å². The van der Waals surface area contributed by atoms with Crippen LogP contribution in [0, 0.1) is 19.7 Å². The Morgan fingerprint density at radius 2 is 1.69 bits per heavy atom. The first kappa shape index (κ1) is 18.6. The van der Waals surface area contributed by atoms with Crippen molar-refractivity contribution in [2.45, 2.75) is 13.8 Å². The molecule has 1 heterocycles. The number of nitrogens with zero attached hydrogens (tertiary/aromatic N) is 3. The quantitative estimate of drug-likeness (QED) is 0.540. The van der Waals surface area contributed by atoms with Gasteiger partial charge in [-0.25, -0.2) is 14.1 Å². The summed E-state index contributed by atoms with van der Waals surface area (Å²) in [6, 6.07) is 21.4. The van der Waals surface area contributed by atoms with Gasteiger partial charge in [-0.15, -0.1) is 5.10 Å². The molecule has 0 atom stereocenters.